The molecule has 0 fully saturated rings. The van der Waals surface area contributed by atoms with Gasteiger partial charge in [-0.1, -0.05) is 18.2 Å². The number of para-hydroxylation sites is 1. The quantitative estimate of drug-likeness (QED) is 0.422. The molecule has 1 N–H and O–H groups in total. The predicted molar refractivity (Wildman–Crippen MR) is 82.7 cm³/mol. The largest absolute Gasteiger partial charge is 0.508 e. The van der Waals surface area contributed by atoms with E-state index in [9.17, 15) is 5.11 Å². The fourth-order valence-corrected chi connectivity index (χ4v) is 2.98. The van der Waals surface area contributed by atoms with Gasteiger partial charge >= 0.3 is 0 Å². The van der Waals surface area contributed by atoms with Gasteiger partial charge < -0.3 is 13.9 Å². The van der Waals surface area contributed by atoms with E-state index in [4.69, 9.17) is 8.83 Å². The molecular formula is C18H10O3. The van der Waals surface area contributed by atoms with Gasteiger partial charge in [-0.15, -0.1) is 0 Å². The van der Waals surface area contributed by atoms with Crippen molar-refractivity contribution in [1.29, 1.82) is 0 Å². The third-order valence-corrected chi connectivity index (χ3v) is 3.95. The second-order valence-electron chi connectivity index (χ2n) is 5.23. The molecule has 3 nitrogen and oxygen atoms in total. The van der Waals surface area contributed by atoms with E-state index in [0.717, 1.165) is 43.9 Å². The van der Waals surface area contributed by atoms with Gasteiger partial charge in [-0.25, -0.2) is 0 Å². The minimum absolute atomic E-state index is 0.231. The van der Waals surface area contributed by atoms with Crippen LogP contribution in [0.5, 0.6) is 5.75 Å². The van der Waals surface area contributed by atoms with Crippen LogP contribution in [-0.4, -0.2) is 5.11 Å². The van der Waals surface area contributed by atoms with Crippen molar-refractivity contribution in [2.45, 2.75) is 0 Å². The summed E-state index contributed by atoms with van der Waals surface area (Å²) in [6.07, 6.45) is 0. The normalized spacial score (nSPS) is 12.0. The summed E-state index contributed by atoms with van der Waals surface area (Å²) in [6, 6.07) is 17.1. The molecule has 0 atom stereocenters. The van der Waals surface area contributed by atoms with E-state index in [2.05, 4.69) is 0 Å². The van der Waals surface area contributed by atoms with Crippen LogP contribution in [0.25, 0.3) is 43.9 Å². The maximum absolute atomic E-state index is 9.67. The second-order valence-corrected chi connectivity index (χ2v) is 5.23. The number of fused-ring (bicyclic) bond motifs is 6. The lowest BCUT2D eigenvalue weighted by atomic mass is 10.1. The molecule has 0 spiro atoms. The van der Waals surface area contributed by atoms with E-state index in [0.29, 0.717) is 0 Å². The highest BCUT2D eigenvalue weighted by molar-refractivity contribution is 6.14. The molecule has 21 heavy (non-hydrogen) atoms. The van der Waals surface area contributed by atoms with Crippen LogP contribution in [0.1, 0.15) is 0 Å². The minimum atomic E-state index is 0.231. The number of rotatable bonds is 0. The van der Waals surface area contributed by atoms with Crippen molar-refractivity contribution >= 4 is 43.9 Å². The fraction of sp³-hybridized carbons (Fsp3) is 0. The molecule has 5 aromatic rings. The van der Waals surface area contributed by atoms with E-state index in [1.165, 1.54) is 0 Å². The Morgan fingerprint density at radius 3 is 2.00 bits per heavy atom. The average Bonchev–Trinajstić information content (AvgIpc) is 3.02. The fourth-order valence-electron chi connectivity index (χ4n) is 2.98. The third kappa shape index (κ3) is 1.37. The SMILES string of the molecule is Oc1ccc2oc3cc4c(cc3c2c1)oc1ccccc14. The lowest BCUT2D eigenvalue weighted by Crippen LogP contribution is -1.69. The van der Waals surface area contributed by atoms with Crippen LogP contribution in [0.3, 0.4) is 0 Å². The van der Waals surface area contributed by atoms with Crippen LogP contribution < -0.4 is 0 Å². The van der Waals surface area contributed by atoms with Crippen LogP contribution in [0.2, 0.25) is 0 Å². The third-order valence-electron chi connectivity index (χ3n) is 3.95. The summed E-state index contributed by atoms with van der Waals surface area (Å²) in [5, 5.41) is 13.6. The molecule has 3 heteroatoms. The van der Waals surface area contributed by atoms with Crippen molar-refractivity contribution < 1.29 is 13.9 Å². The molecule has 3 aromatic carbocycles. The van der Waals surface area contributed by atoms with Crippen LogP contribution in [-0.2, 0) is 0 Å². The summed E-state index contributed by atoms with van der Waals surface area (Å²) in [7, 11) is 0. The lowest BCUT2D eigenvalue weighted by Gasteiger charge is -1.92. The number of hydrogen-bond donors (Lipinski definition) is 1. The first-order chi connectivity index (χ1) is 10.3. The van der Waals surface area contributed by atoms with E-state index in [1.54, 1.807) is 18.2 Å². The van der Waals surface area contributed by atoms with Gasteiger partial charge in [-0.05, 0) is 36.4 Å². The van der Waals surface area contributed by atoms with Gasteiger partial charge in [0.2, 0.25) is 0 Å². The highest BCUT2D eigenvalue weighted by Crippen LogP contribution is 2.37. The first-order valence-corrected chi connectivity index (χ1v) is 6.76. The Bertz CT molecular complexity index is 1140. The van der Waals surface area contributed by atoms with Crippen LogP contribution >= 0.6 is 0 Å². The Labute approximate surface area is 119 Å². The molecule has 100 valence electrons. The molecule has 0 amide bonds. The minimum Gasteiger partial charge on any atom is -0.508 e. The standard InChI is InChI=1S/C18H10O3/c19-10-5-6-16-12(7-10)14-9-17-13(8-18(14)21-16)11-3-1-2-4-15(11)20-17/h1-9,19H. The molecule has 5 rings (SSSR count). The summed E-state index contributed by atoms with van der Waals surface area (Å²) in [4.78, 5) is 0. The van der Waals surface area contributed by atoms with E-state index >= 15 is 0 Å². The number of aromatic hydroxyl groups is 1. The van der Waals surface area contributed by atoms with E-state index < -0.39 is 0 Å². The molecule has 2 heterocycles. The summed E-state index contributed by atoms with van der Waals surface area (Å²) >= 11 is 0. The molecule has 0 saturated heterocycles. The van der Waals surface area contributed by atoms with Gasteiger partial charge in [0, 0.05) is 21.5 Å². The molecule has 2 aromatic heterocycles. The van der Waals surface area contributed by atoms with Crippen LogP contribution in [0, 0.1) is 0 Å². The predicted octanol–water partition coefficient (Wildman–Crippen LogP) is 5.19. The van der Waals surface area contributed by atoms with Crippen molar-refractivity contribution in [2.24, 2.45) is 0 Å². The van der Waals surface area contributed by atoms with Gasteiger partial charge in [0.1, 0.15) is 28.1 Å². The Balaban J connectivity index is 2.02. The Kier molecular flexibility index (Phi) is 1.84. The number of benzene rings is 3. The molecule has 0 bridgehead atoms. The first-order valence-electron chi connectivity index (χ1n) is 6.76. The lowest BCUT2D eigenvalue weighted by molar-refractivity contribution is 0.476. The number of furan rings is 2. The zero-order valence-electron chi connectivity index (χ0n) is 11.0. The highest BCUT2D eigenvalue weighted by atomic mass is 16.3. The molecule has 0 aliphatic heterocycles. The maximum atomic E-state index is 9.67. The van der Waals surface area contributed by atoms with Crippen molar-refractivity contribution in [3.8, 4) is 5.75 Å². The zero-order valence-corrected chi connectivity index (χ0v) is 11.0. The number of phenols is 1. The molecule has 0 unspecified atom stereocenters. The Morgan fingerprint density at radius 2 is 1.19 bits per heavy atom. The Morgan fingerprint density at radius 1 is 0.571 bits per heavy atom. The van der Waals surface area contributed by atoms with E-state index in [-0.39, 0.29) is 5.75 Å². The summed E-state index contributed by atoms with van der Waals surface area (Å²) in [6.45, 7) is 0. The van der Waals surface area contributed by atoms with Crippen molar-refractivity contribution in [2.75, 3.05) is 0 Å². The van der Waals surface area contributed by atoms with Gasteiger partial charge in [0.25, 0.3) is 0 Å². The van der Waals surface area contributed by atoms with Crippen LogP contribution in [0.15, 0.2) is 63.4 Å². The van der Waals surface area contributed by atoms with Crippen LogP contribution in [0.4, 0.5) is 0 Å². The molecule has 0 aliphatic carbocycles. The monoisotopic (exact) mass is 274 g/mol. The zero-order chi connectivity index (χ0) is 14.0. The summed E-state index contributed by atoms with van der Waals surface area (Å²) in [5.41, 5.74) is 3.26. The first kappa shape index (κ1) is 10.8. The molecule has 0 aliphatic rings. The van der Waals surface area contributed by atoms with Crippen molar-refractivity contribution in [1.82, 2.24) is 0 Å². The van der Waals surface area contributed by atoms with E-state index in [1.807, 2.05) is 36.4 Å². The van der Waals surface area contributed by atoms with Crippen molar-refractivity contribution in [3.63, 3.8) is 0 Å². The van der Waals surface area contributed by atoms with Gasteiger partial charge in [0.15, 0.2) is 0 Å². The van der Waals surface area contributed by atoms with Crippen molar-refractivity contribution in [3.05, 3.63) is 54.6 Å². The summed E-state index contributed by atoms with van der Waals surface area (Å²) in [5.74, 6) is 0.231. The molecule has 0 saturated carbocycles. The number of phenolic OH excluding ortho intramolecular Hbond substituents is 1. The average molecular weight is 274 g/mol. The highest BCUT2D eigenvalue weighted by Gasteiger charge is 2.13. The number of hydrogen-bond acceptors (Lipinski definition) is 3. The molecular weight excluding hydrogens is 264 g/mol. The Hall–Kier alpha value is -2.94. The van der Waals surface area contributed by atoms with Gasteiger partial charge in [-0.2, -0.15) is 0 Å². The summed E-state index contributed by atoms with van der Waals surface area (Å²) < 4.78 is 11.8. The maximum Gasteiger partial charge on any atom is 0.136 e. The van der Waals surface area contributed by atoms with Gasteiger partial charge in [0.05, 0.1) is 0 Å². The van der Waals surface area contributed by atoms with Gasteiger partial charge in [-0.3, -0.25) is 0 Å². The smallest absolute Gasteiger partial charge is 0.136 e. The second kappa shape index (κ2) is 3.58. The molecule has 0 radical (unpaired) electrons. The topological polar surface area (TPSA) is 46.5 Å².